The zero-order valence-electron chi connectivity index (χ0n) is 9.42. The number of hydroxylamine groups is 2. The van der Waals surface area contributed by atoms with Gasteiger partial charge in [0.1, 0.15) is 0 Å². The molecule has 0 spiro atoms. The molecule has 0 aromatic rings. The van der Waals surface area contributed by atoms with Gasteiger partial charge in [-0.2, -0.15) is 5.06 Å². The van der Waals surface area contributed by atoms with Gasteiger partial charge in [-0.05, 0) is 31.2 Å². The summed E-state index contributed by atoms with van der Waals surface area (Å²) in [6.07, 6.45) is 2.34. The van der Waals surface area contributed by atoms with Gasteiger partial charge in [0.2, 0.25) is 0 Å². The molecule has 0 aliphatic carbocycles. The van der Waals surface area contributed by atoms with Gasteiger partial charge >= 0.3 is 0 Å². The molecule has 0 fully saturated rings. The van der Waals surface area contributed by atoms with Crippen LogP contribution in [0.1, 0.15) is 26.7 Å². The van der Waals surface area contributed by atoms with Crippen molar-refractivity contribution in [2.24, 2.45) is 17.6 Å². The Morgan fingerprint density at radius 2 is 2.00 bits per heavy atom. The third-order valence-corrected chi connectivity index (χ3v) is 2.30. The highest BCUT2D eigenvalue weighted by molar-refractivity contribution is 4.63. The fourth-order valence-corrected chi connectivity index (χ4v) is 1.45. The maximum absolute atomic E-state index is 5.69. The molecule has 0 aliphatic heterocycles. The Kier molecular flexibility index (Phi) is 7.23. The monoisotopic (exact) mass is 188 g/mol. The minimum atomic E-state index is 0.637. The molecule has 0 aromatic heterocycles. The summed E-state index contributed by atoms with van der Waals surface area (Å²) in [5.74, 6) is 1.37. The van der Waals surface area contributed by atoms with Gasteiger partial charge in [0.15, 0.2) is 0 Å². The Bertz CT molecular complexity index is 117. The van der Waals surface area contributed by atoms with E-state index in [2.05, 4.69) is 13.8 Å². The first-order chi connectivity index (χ1) is 6.10. The smallest absolute Gasteiger partial charge is 0.0575 e. The number of hydrogen-bond acceptors (Lipinski definition) is 3. The molecule has 13 heavy (non-hydrogen) atoms. The molecule has 0 aromatic carbocycles. The Balaban J connectivity index is 3.59. The first-order valence-corrected chi connectivity index (χ1v) is 5.05. The van der Waals surface area contributed by atoms with Crippen molar-refractivity contribution in [2.45, 2.75) is 26.7 Å². The molecule has 0 heterocycles. The van der Waals surface area contributed by atoms with Crippen LogP contribution in [-0.2, 0) is 4.84 Å². The second kappa shape index (κ2) is 7.30. The normalized spacial score (nSPS) is 14.1. The molecule has 1 unspecified atom stereocenters. The molecule has 3 nitrogen and oxygen atoms in total. The minimum absolute atomic E-state index is 0.637. The lowest BCUT2D eigenvalue weighted by molar-refractivity contribution is -0.111. The van der Waals surface area contributed by atoms with Gasteiger partial charge in [0.25, 0.3) is 0 Å². The zero-order valence-corrected chi connectivity index (χ0v) is 9.42. The Hall–Kier alpha value is -0.120. The van der Waals surface area contributed by atoms with Crippen LogP contribution in [0.15, 0.2) is 0 Å². The fourth-order valence-electron chi connectivity index (χ4n) is 1.45. The summed E-state index contributed by atoms with van der Waals surface area (Å²) in [7, 11) is 3.64. The van der Waals surface area contributed by atoms with Crippen LogP contribution in [0.25, 0.3) is 0 Å². The highest BCUT2D eigenvalue weighted by atomic mass is 16.7. The summed E-state index contributed by atoms with van der Waals surface area (Å²) in [5.41, 5.74) is 5.69. The first kappa shape index (κ1) is 12.9. The van der Waals surface area contributed by atoms with E-state index in [0.29, 0.717) is 5.92 Å². The van der Waals surface area contributed by atoms with Crippen molar-refractivity contribution in [1.82, 2.24) is 5.06 Å². The molecule has 80 valence electrons. The lowest BCUT2D eigenvalue weighted by atomic mass is 9.94. The second-order valence-electron chi connectivity index (χ2n) is 4.05. The molecule has 0 rings (SSSR count). The third-order valence-electron chi connectivity index (χ3n) is 2.30. The summed E-state index contributed by atoms with van der Waals surface area (Å²) >= 11 is 0. The van der Waals surface area contributed by atoms with E-state index in [1.54, 1.807) is 7.11 Å². The molecule has 2 N–H and O–H groups in total. The van der Waals surface area contributed by atoms with Gasteiger partial charge in [0, 0.05) is 13.6 Å². The quantitative estimate of drug-likeness (QED) is 0.615. The Labute approximate surface area is 82.2 Å². The third kappa shape index (κ3) is 6.99. The van der Waals surface area contributed by atoms with Crippen LogP contribution in [0.2, 0.25) is 0 Å². The topological polar surface area (TPSA) is 38.5 Å². The molecule has 1 atom stereocenters. The van der Waals surface area contributed by atoms with E-state index in [4.69, 9.17) is 10.6 Å². The lowest BCUT2D eigenvalue weighted by Gasteiger charge is -2.20. The van der Waals surface area contributed by atoms with Crippen LogP contribution in [0.4, 0.5) is 0 Å². The number of nitrogens with two attached hydrogens (primary N) is 1. The van der Waals surface area contributed by atoms with E-state index >= 15 is 0 Å². The number of hydrogen-bond donors (Lipinski definition) is 1. The van der Waals surface area contributed by atoms with Gasteiger partial charge in [-0.1, -0.05) is 13.8 Å². The highest BCUT2D eigenvalue weighted by Crippen LogP contribution is 2.14. The van der Waals surface area contributed by atoms with Gasteiger partial charge in [-0.3, -0.25) is 0 Å². The minimum Gasteiger partial charge on any atom is -0.330 e. The summed E-state index contributed by atoms with van der Waals surface area (Å²) in [4.78, 5) is 5.04. The van der Waals surface area contributed by atoms with Crippen LogP contribution in [0, 0.1) is 11.8 Å². The van der Waals surface area contributed by atoms with E-state index in [9.17, 15) is 0 Å². The predicted octanol–water partition coefficient (Wildman–Crippen LogP) is 1.49. The van der Waals surface area contributed by atoms with Crippen molar-refractivity contribution in [3.63, 3.8) is 0 Å². The zero-order chi connectivity index (χ0) is 10.3. The molecular formula is C10H24N2O. The molecule has 0 bridgehead atoms. The largest absolute Gasteiger partial charge is 0.330 e. The average molecular weight is 188 g/mol. The molecular weight excluding hydrogens is 164 g/mol. The van der Waals surface area contributed by atoms with Gasteiger partial charge in [0.05, 0.1) is 7.11 Å². The van der Waals surface area contributed by atoms with Crippen molar-refractivity contribution >= 4 is 0 Å². The lowest BCUT2D eigenvalue weighted by Crippen LogP contribution is -2.24. The second-order valence-corrected chi connectivity index (χ2v) is 4.05. The maximum Gasteiger partial charge on any atom is 0.0575 e. The summed E-state index contributed by atoms with van der Waals surface area (Å²) < 4.78 is 0. The summed E-state index contributed by atoms with van der Waals surface area (Å²) in [6, 6.07) is 0. The van der Waals surface area contributed by atoms with Gasteiger partial charge in [-0.25, -0.2) is 0 Å². The van der Waals surface area contributed by atoms with E-state index in [1.807, 2.05) is 12.1 Å². The SMILES string of the molecule is CON(C)CCC(CN)CC(C)C. The average Bonchev–Trinajstić information content (AvgIpc) is 2.10. The number of nitrogens with zero attached hydrogens (tertiary/aromatic N) is 1. The molecule has 0 saturated carbocycles. The molecule has 0 radical (unpaired) electrons. The predicted molar refractivity (Wildman–Crippen MR) is 56.3 cm³/mol. The van der Waals surface area contributed by atoms with E-state index < -0.39 is 0 Å². The van der Waals surface area contributed by atoms with Crippen LogP contribution in [-0.4, -0.2) is 32.3 Å². The van der Waals surface area contributed by atoms with Crippen molar-refractivity contribution in [3.05, 3.63) is 0 Å². The Morgan fingerprint density at radius 3 is 2.38 bits per heavy atom. The van der Waals surface area contributed by atoms with Crippen LogP contribution in [0.5, 0.6) is 0 Å². The van der Waals surface area contributed by atoms with E-state index in [1.165, 1.54) is 6.42 Å². The van der Waals surface area contributed by atoms with Crippen LogP contribution >= 0.6 is 0 Å². The van der Waals surface area contributed by atoms with Crippen molar-refractivity contribution < 1.29 is 4.84 Å². The van der Waals surface area contributed by atoms with E-state index in [-0.39, 0.29) is 0 Å². The standard InChI is InChI=1S/C10H24N2O/c1-9(2)7-10(8-11)5-6-12(3)13-4/h9-10H,5-8,11H2,1-4H3. The fraction of sp³-hybridized carbons (Fsp3) is 1.00. The van der Waals surface area contributed by atoms with Crippen LogP contribution < -0.4 is 5.73 Å². The molecule has 0 aliphatic rings. The first-order valence-electron chi connectivity index (χ1n) is 5.05. The summed E-state index contributed by atoms with van der Waals surface area (Å²) in [6.45, 7) is 6.23. The van der Waals surface area contributed by atoms with Crippen LogP contribution in [0.3, 0.4) is 0 Å². The van der Waals surface area contributed by atoms with Gasteiger partial charge in [-0.15, -0.1) is 0 Å². The van der Waals surface area contributed by atoms with Crippen molar-refractivity contribution in [2.75, 3.05) is 27.2 Å². The van der Waals surface area contributed by atoms with Crippen molar-refractivity contribution in [3.8, 4) is 0 Å². The van der Waals surface area contributed by atoms with E-state index in [0.717, 1.165) is 25.4 Å². The van der Waals surface area contributed by atoms with Gasteiger partial charge < -0.3 is 10.6 Å². The molecule has 0 saturated heterocycles. The summed E-state index contributed by atoms with van der Waals surface area (Å²) in [5, 5.41) is 1.85. The number of rotatable bonds is 7. The maximum atomic E-state index is 5.69. The highest BCUT2D eigenvalue weighted by Gasteiger charge is 2.09. The molecule has 0 amide bonds. The Morgan fingerprint density at radius 1 is 1.38 bits per heavy atom. The van der Waals surface area contributed by atoms with Crippen molar-refractivity contribution in [1.29, 1.82) is 0 Å². The molecule has 3 heteroatoms.